The van der Waals surface area contributed by atoms with Gasteiger partial charge in [0.1, 0.15) is 5.82 Å². The molecule has 0 fully saturated rings. The molecule has 0 N–H and O–H groups in total. The van der Waals surface area contributed by atoms with Gasteiger partial charge in [0.05, 0.1) is 26.2 Å². The van der Waals surface area contributed by atoms with Crippen molar-refractivity contribution < 1.29 is 23.5 Å². The normalized spacial score (nSPS) is 9.69. The third-order valence-corrected chi connectivity index (χ3v) is 2.04. The molecule has 1 aromatic carbocycles. The zero-order valence-electron chi connectivity index (χ0n) is 8.95. The van der Waals surface area contributed by atoms with Crippen molar-refractivity contribution in [2.45, 2.75) is 6.42 Å². The average molecular weight is 226 g/mol. The average Bonchev–Trinajstić information content (AvgIpc) is 2.30. The molecule has 1 aromatic rings. The molecule has 0 unspecified atom stereocenters. The first-order chi connectivity index (χ1) is 7.58. The van der Waals surface area contributed by atoms with Crippen LogP contribution in [0.3, 0.4) is 0 Å². The van der Waals surface area contributed by atoms with Crippen LogP contribution in [0.15, 0.2) is 18.2 Å². The Hall–Kier alpha value is -1.91. The molecule has 86 valence electrons. The lowest BCUT2D eigenvalue weighted by molar-refractivity contribution is -0.139. The van der Waals surface area contributed by atoms with Crippen molar-refractivity contribution in [2.75, 3.05) is 14.2 Å². The molecule has 0 saturated heterocycles. The Morgan fingerprint density at radius 1 is 1.25 bits per heavy atom. The lowest BCUT2D eigenvalue weighted by Crippen LogP contribution is -2.08. The number of rotatable bonds is 3. The van der Waals surface area contributed by atoms with Gasteiger partial charge >= 0.3 is 11.9 Å². The van der Waals surface area contributed by atoms with Crippen LogP contribution in [0.5, 0.6) is 0 Å². The van der Waals surface area contributed by atoms with Crippen LogP contribution < -0.4 is 0 Å². The summed E-state index contributed by atoms with van der Waals surface area (Å²) in [6.07, 6.45) is -0.163. The van der Waals surface area contributed by atoms with Gasteiger partial charge < -0.3 is 9.47 Å². The maximum absolute atomic E-state index is 13.4. The number of carbonyl (C=O) groups is 2. The van der Waals surface area contributed by atoms with E-state index in [-0.39, 0.29) is 17.5 Å². The van der Waals surface area contributed by atoms with Gasteiger partial charge in [-0.25, -0.2) is 9.18 Å². The minimum absolute atomic E-state index is 0.105. The Balaban J connectivity index is 2.91. The summed E-state index contributed by atoms with van der Waals surface area (Å²) in [5, 5.41) is 0. The lowest BCUT2D eigenvalue weighted by atomic mass is 10.1. The number of halogens is 1. The fourth-order valence-corrected chi connectivity index (χ4v) is 1.16. The number of esters is 2. The first-order valence-electron chi connectivity index (χ1n) is 4.52. The van der Waals surface area contributed by atoms with E-state index in [0.29, 0.717) is 0 Å². The summed E-state index contributed by atoms with van der Waals surface area (Å²) >= 11 is 0. The highest BCUT2D eigenvalue weighted by Gasteiger charge is 2.12. The summed E-state index contributed by atoms with van der Waals surface area (Å²) < 4.78 is 22.3. The van der Waals surface area contributed by atoms with Gasteiger partial charge in [0.15, 0.2) is 0 Å². The van der Waals surface area contributed by atoms with Crippen molar-refractivity contribution in [2.24, 2.45) is 0 Å². The molecule has 0 bridgehead atoms. The molecule has 0 atom stereocenters. The van der Waals surface area contributed by atoms with Crippen molar-refractivity contribution >= 4 is 11.9 Å². The van der Waals surface area contributed by atoms with Gasteiger partial charge in [0.25, 0.3) is 0 Å². The van der Waals surface area contributed by atoms with E-state index >= 15 is 0 Å². The van der Waals surface area contributed by atoms with Crippen LogP contribution >= 0.6 is 0 Å². The van der Waals surface area contributed by atoms with E-state index in [4.69, 9.17) is 0 Å². The Kier molecular flexibility index (Phi) is 3.99. The Morgan fingerprint density at radius 3 is 2.44 bits per heavy atom. The molecule has 0 saturated carbocycles. The second-order valence-corrected chi connectivity index (χ2v) is 3.05. The highest BCUT2D eigenvalue weighted by Crippen LogP contribution is 2.12. The third-order valence-electron chi connectivity index (χ3n) is 2.04. The molecular formula is C11H11FO4. The first kappa shape index (κ1) is 12.2. The molecule has 0 aliphatic rings. The topological polar surface area (TPSA) is 52.6 Å². The van der Waals surface area contributed by atoms with E-state index in [0.717, 1.165) is 6.07 Å². The van der Waals surface area contributed by atoms with Crippen LogP contribution in [0, 0.1) is 5.82 Å². The van der Waals surface area contributed by atoms with E-state index in [1.165, 1.54) is 26.4 Å². The molecule has 1 rings (SSSR count). The molecule has 0 heterocycles. The van der Waals surface area contributed by atoms with Gasteiger partial charge in [-0.3, -0.25) is 4.79 Å². The van der Waals surface area contributed by atoms with E-state index in [1.54, 1.807) is 0 Å². The van der Waals surface area contributed by atoms with Crippen molar-refractivity contribution in [1.29, 1.82) is 0 Å². The zero-order valence-corrected chi connectivity index (χ0v) is 8.95. The van der Waals surface area contributed by atoms with E-state index in [2.05, 4.69) is 9.47 Å². The van der Waals surface area contributed by atoms with E-state index in [9.17, 15) is 14.0 Å². The molecule has 0 aliphatic carbocycles. The van der Waals surface area contributed by atoms with Gasteiger partial charge in [0.2, 0.25) is 0 Å². The molecule has 0 aromatic heterocycles. The van der Waals surface area contributed by atoms with Crippen molar-refractivity contribution in [3.63, 3.8) is 0 Å². The summed E-state index contributed by atoms with van der Waals surface area (Å²) in [6.45, 7) is 0. The summed E-state index contributed by atoms with van der Waals surface area (Å²) in [5.74, 6) is -1.79. The van der Waals surface area contributed by atoms with Crippen molar-refractivity contribution in [3.05, 3.63) is 35.1 Å². The summed E-state index contributed by atoms with van der Waals surface area (Å²) in [6, 6.07) is 3.79. The second-order valence-electron chi connectivity index (χ2n) is 3.05. The minimum atomic E-state index is -0.631. The molecule has 0 amide bonds. The van der Waals surface area contributed by atoms with Gasteiger partial charge in [0, 0.05) is 0 Å². The quantitative estimate of drug-likeness (QED) is 0.729. The van der Waals surface area contributed by atoms with E-state index < -0.39 is 17.8 Å². The lowest BCUT2D eigenvalue weighted by Gasteiger charge is -2.04. The van der Waals surface area contributed by atoms with Crippen LogP contribution in [0.1, 0.15) is 15.9 Å². The monoisotopic (exact) mass is 226 g/mol. The standard InChI is InChI=1S/C11H11FO4/c1-15-10(13)6-7-3-4-8(5-9(7)12)11(14)16-2/h3-5H,6H2,1-2H3. The maximum Gasteiger partial charge on any atom is 0.337 e. The zero-order chi connectivity index (χ0) is 12.1. The number of ether oxygens (including phenoxy) is 2. The fourth-order valence-electron chi connectivity index (χ4n) is 1.16. The number of methoxy groups -OCH3 is 2. The predicted octanol–water partition coefficient (Wildman–Crippen LogP) is 1.33. The predicted molar refractivity (Wildman–Crippen MR) is 53.5 cm³/mol. The minimum Gasteiger partial charge on any atom is -0.469 e. The Bertz CT molecular complexity index is 414. The molecule has 0 spiro atoms. The number of hydrogen-bond donors (Lipinski definition) is 0. The van der Waals surface area contributed by atoms with Crippen molar-refractivity contribution in [1.82, 2.24) is 0 Å². The largest absolute Gasteiger partial charge is 0.469 e. The second kappa shape index (κ2) is 5.25. The number of benzene rings is 1. The van der Waals surface area contributed by atoms with E-state index in [1.807, 2.05) is 0 Å². The summed E-state index contributed by atoms with van der Waals surface area (Å²) in [4.78, 5) is 22.0. The Labute approximate surface area is 92.0 Å². The molecule has 4 nitrogen and oxygen atoms in total. The molecule has 0 radical (unpaired) electrons. The molecule has 5 heteroatoms. The smallest absolute Gasteiger partial charge is 0.337 e. The maximum atomic E-state index is 13.4. The van der Waals surface area contributed by atoms with Gasteiger partial charge in [-0.15, -0.1) is 0 Å². The van der Waals surface area contributed by atoms with Crippen LogP contribution in [-0.4, -0.2) is 26.2 Å². The van der Waals surface area contributed by atoms with Crippen molar-refractivity contribution in [3.8, 4) is 0 Å². The highest BCUT2D eigenvalue weighted by molar-refractivity contribution is 5.89. The van der Waals surface area contributed by atoms with Crippen LogP contribution in [-0.2, 0) is 20.7 Å². The van der Waals surface area contributed by atoms with Crippen LogP contribution in [0.2, 0.25) is 0 Å². The van der Waals surface area contributed by atoms with Crippen LogP contribution in [0.25, 0.3) is 0 Å². The SMILES string of the molecule is COC(=O)Cc1ccc(C(=O)OC)cc1F. The van der Waals surface area contributed by atoms with Crippen LogP contribution in [0.4, 0.5) is 4.39 Å². The molecule has 0 aliphatic heterocycles. The molecular weight excluding hydrogens is 215 g/mol. The summed E-state index contributed by atoms with van der Waals surface area (Å²) in [5.41, 5.74) is 0.285. The van der Waals surface area contributed by atoms with Gasteiger partial charge in [-0.05, 0) is 17.7 Å². The third kappa shape index (κ3) is 2.79. The Morgan fingerprint density at radius 2 is 1.94 bits per heavy atom. The van der Waals surface area contributed by atoms with Gasteiger partial charge in [-0.1, -0.05) is 6.07 Å². The number of hydrogen-bond acceptors (Lipinski definition) is 4. The van der Waals surface area contributed by atoms with Gasteiger partial charge in [-0.2, -0.15) is 0 Å². The highest BCUT2D eigenvalue weighted by atomic mass is 19.1. The fraction of sp³-hybridized carbons (Fsp3) is 0.273. The first-order valence-corrected chi connectivity index (χ1v) is 4.52. The molecule has 16 heavy (non-hydrogen) atoms. The number of carbonyl (C=O) groups excluding carboxylic acids is 2. The summed E-state index contributed by atoms with van der Waals surface area (Å²) in [7, 11) is 2.44.